The minimum Gasteiger partial charge on any atom is -0.465 e. The molecule has 1 fully saturated rings. The minimum absolute atomic E-state index is 0.251. The summed E-state index contributed by atoms with van der Waals surface area (Å²) in [5.74, 6) is 1.83. The van der Waals surface area contributed by atoms with Crippen molar-refractivity contribution in [2.24, 2.45) is 0 Å². The van der Waals surface area contributed by atoms with Crippen LogP contribution in [0.2, 0.25) is 0 Å². The first kappa shape index (κ1) is 19.5. The summed E-state index contributed by atoms with van der Waals surface area (Å²) in [6.45, 7) is 0. The Morgan fingerprint density at radius 1 is 1.19 bits per heavy atom. The SMILES string of the molecule is COC(=O)c1ccc2c(=O)[nH]c(CSc3nc(C4CC4)n(-c4ccccc4)n3)nc2c1. The smallest absolute Gasteiger partial charge is 0.337 e. The highest BCUT2D eigenvalue weighted by Crippen LogP contribution is 2.40. The molecule has 4 aromatic rings. The molecule has 0 atom stereocenters. The Labute approximate surface area is 181 Å². The van der Waals surface area contributed by atoms with Gasteiger partial charge in [-0.1, -0.05) is 30.0 Å². The second-order valence-electron chi connectivity index (χ2n) is 7.30. The molecule has 1 saturated carbocycles. The van der Waals surface area contributed by atoms with Crippen LogP contribution in [0.3, 0.4) is 0 Å². The Morgan fingerprint density at radius 2 is 2.00 bits per heavy atom. The molecule has 2 aromatic heterocycles. The first-order valence-electron chi connectivity index (χ1n) is 9.89. The zero-order valence-electron chi connectivity index (χ0n) is 16.7. The molecule has 156 valence electrons. The van der Waals surface area contributed by atoms with Crippen molar-refractivity contribution in [3.8, 4) is 5.69 Å². The van der Waals surface area contributed by atoms with E-state index in [1.807, 2.05) is 35.0 Å². The van der Waals surface area contributed by atoms with E-state index >= 15 is 0 Å². The Bertz CT molecular complexity index is 1330. The lowest BCUT2D eigenvalue weighted by atomic mass is 10.1. The maximum absolute atomic E-state index is 12.4. The quantitative estimate of drug-likeness (QED) is 0.367. The molecule has 0 spiro atoms. The lowest BCUT2D eigenvalue weighted by Gasteiger charge is -2.04. The van der Waals surface area contributed by atoms with Crippen molar-refractivity contribution in [2.45, 2.75) is 29.7 Å². The number of nitrogens with zero attached hydrogens (tertiary/aromatic N) is 4. The number of aromatic nitrogens is 5. The van der Waals surface area contributed by atoms with E-state index in [0.717, 1.165) is 24.4 Å². The molecule has 1 N–H and O–H groups in total. The fourth-order valence-corrected chi connectivity index (χ4v) is 4.06. The first-order valence-corrected chi connectivity index (χ1v) is 10.9. The number of H-pyrrole nitrogens is 1. The average Bonchev–Trinajstić information content (AvgIpc) is 3.56. The number of carbonyl (C=O) groups excluding carboxylic acids is 1. The number of carbonyl (C=O) groups is 1. The van der Waals surface area contributed by atoms with Crippen molar-refractivity contribution < 1.29 is 9.53 Å². The summed E-state index contributed by atoms with van der Waals surface area (Å²) in [5, 5.41) is 5.73. The van der Waals surface area contributed by atoms with Gasteiger partial charge in [0.1, 0.15) is 11.6 Å². The maximum Gasteiger partial charge on any atom is 0.337 e. The molecule has 2 aromatic carbocycles. The zero-order chi connectivity index (χ0) is 21.4. The molecular weight excluding hydrogens is 414 g/mol. The molecule has 0 aliphatic heterocycles. The molecule has 2 heterocycles. The molecule has 5 rings (SSSR count). The Morgan fingerprint density at radius 3 is 2.74 bits per heavy atom. The number of esters is 1. The average molecular weight is 433 g/mol. The van der Waals surface area contributed by atoms with Gasteiger partial charge in [-0.3, -0.25) is 4.79 Å². The van der Waals surface area contributed by atoms with E-state index in [1.54, 1.807) is 18.2 Å². The third kappa shape index (κ3) is 3.96. The van der Waals surface area contributed by atoms with Crippen molar-refractivity contribution in [2.75, 3.05) is 7.11 Å². The van der Waals surface area contributed by atoms with E-state index in [-0.39, 0.29) is 5.56 Å². The van der Waals surface area contributed by atoms with E-state index in [9.17, 15) is 9.59 Å². The van der Waals surface area contributed by atoms with Gasteiger partial charge in [0.25, 0.3) is 5.56 Å². The molecule has 8 nitrogen and oxygen atoms in total. The minimum atomic E-state index is -0.469. The third-order valence-corrected chi connectivity index (χ3v) is 5.92. The summed E-state index contributed by atoms with van der Waals surface area (Å²) < 4.78 is 6.65. The number of hydrogen-bond donors (Lipinski definition) is 1. The largest absolute Gasteiger partial charge is 0.465 e. The number of aromatic amines is 1. The maximum atomic E-state index is 12.4. The molecule has 1 aliphatic rings. The Hall–Kier alpha value is -3.46. The molecule has 0 unspecified atom stereocenters. The van der Waals surface area contributed by atoms with Crippen molar-refractivity contribution in [1.82, 2.24) is 24.7 Å². The summed E-state index contributed by atoms with van der Waals surface area (Å²) in [6.07, 6.45) is 2.25. The van der Waals surface area contributed by atoms with Crippen LogP contribution >= 0.6 is 11.8 Å². The number of rotatable bonds is 6. The van der Waals surface area contributed by atoms with Crippen molar-refractivity contribution in [3.63, 3.8) is 0 Å². The number of ether oxygens (including phenoxy) is 1. The number of nitrogens with one attached hydrogen (secondary N) is 1. The third-order valence-electron chi connectivity index (χ3n) is 5.07. The standard InChI is InChI=1S/C22H19N5O3S/c1-30-21(29)14-9-10-16-17(11-14)23-18(24-20(16)28)12-31-22-25-19(13-7-8-13)27(26-22)15-5-3-2-4-6-15/h2-6,9-11,13H,7-8,12H2,1H3,(H,23,24,28). The Balaban J connectivity index is 1.42. The van der Waals surface area contributed by atoms with Crippen LogP contribution in [0.1, 0.15) is 40.8 Å². The lowest BCUT2D eigenvalue weighted by Crippen LogP contribution is -2.12. The van der Waals surface area contributed by atoms with Gasteiger partial charge in [0.2, 0.25) is 5.16 Å². The molecule has 0 amide bonds. The topological polar surface area (TPSA) is 103 Å². The molecule has 1 aliphatic carbocycles. The second kappa shape index (κ2) is 7.99. The van der Waals surface area contributed by atoms with Gasteiger partial charge < -0.3 is 9.72 Å². The van der Waals surface area contributed by atoms with Crippen molar-refractivity contribution in [3.05, 3.63) is 76.1 Å². The lowest BCUT2D eigenvalue weighted by molar-refractivity contribution is 0.0601. The van der Waals surface area contributed by atoms with Crippen LogP contribution in [0, 0.1) is 0 Å². The van der Waals surface area contributed by atoms with Gasteiger partial charge in [-0.05, 0) is 43.2 Å². The van der Waals surface area contributed by atoms with Crippen LogP contribution < -0.4 is 5.56 Å². The van der Waals surface area contributed by atoms with Crippen molar-refractivity contribution >= 4 is 28.6 Å². The summed E-state index contributed by atoms with van der Waals surface area (Å²) in [4.78, 5) is 36.3. The number of hydrogen-bond acceptors (Lipinski definition) is 7. The van der Waals surface area contributed by atoms with E-state index in [1.165, 1.54) is 18.9 Å². The highest BCUT2D eigenvalue weighted by molar-refractivity contribution is 7.98. The first-order chi connectivity index (χ1) is 15.1. The van der Waals surface area contributed by atoms with Crippen LogP contribution in [0.25, 0.3) is 16.6 Å². The van der Waals surface area contributed by atoms with E-state index < -0.39 is 5.97 Å². The molecule has 31 heavy (non-hydrogen) atoms. The summed E-state index contributed by atoms with van der Waals surface area (Å²) >= 11 is 1.41. The van der Waals surface area contributed by atoms with E-state index in [0.29, 0.717) is 39.1 Å². The van der Waals surface area contributed by atoms with Crippen LogP contribution in [0.4, 0.5) is 0 Å². The predicted octanol–water partition coefficient (Wildman–Crippen LogP) is 3.46. The van der Waals surface area contributed by atoms with Gasteiger partial charge in [-0.25, -0.2) is 19.4 Å². The normalized spacial score (nSPS) is 13.5. The van der Waals surface area contributed by atoms with E-state index in [2.05, 4.69) is 15.1 Å². The Kier molecular flexibility index (Phi) is 5.03. The van der Waals surface area contributed by atoms with Crippen LogP contribution in [0.5, 0.6) is 0 Å². The monoisotopic (exact) mass is 433 g/mol. The second-order valence-corrected chi connectivity index (χ2v) is 8.24. The predicted molar refractivity (Wildman–Crippen MR) is 117 cm³/mol. The summed E-state index contributed by atoms with van der Waals surface area (Å²) in [7, 11) is 1.32. The molecule has 9 heteroatoms. The molecular formula is C22H19N5O3S. The summed E-state index contributed by atoms with van der Waals surface area (Å²) in [6, 6.07) is 14.7. The van der Waals surface area contributed by atoms with Gasteiger partial charge in [0, 0.05) is 5.92 Å². The van der Waals surface area contributed by atoms with Crippen molar-refractivity contribution in [1.29, 1.82) is 0 Å². The van der Waals surface area contributed by atoms with Gasteiger partial charge in [-0.2, -0.15) is 0 Å². The van der Waals surface area contributed by atoms with Crippen LogP contribution in [0.15, 0.2) is 58.5 Å². The van der Waals surface area contributed by atoms with Gasteiger partial charge >= 0.3 is 5.97 Å². The number of para-hydroxylation sites is 1. The van der Waals surface area contributed by atoms with Crippen LogP contribution in [-0.2, 0) is 10.5 Å². The fourth-order valence-electron chi connectivity index (χ4n) is 3.36. The number of methoxy groups -OCH3 is 1. The zero-order valence-corrected chi connectivity index (χ0v) is 17.6. The molecule has 0 bridgehead atoms. The van der Waals surface area contributed by atoms with Gasteiger partial charge in [0.05, 0.1) is 35.0 Å². The number of thioether (sulfide) groups is 1. The molecule has 0 saturated heterocycles. The number of benzene rings is 2. The highest BCUT2D eigenvalue weighted by Gasteiger charge is 2.30. The van der Waals surface area contributed by atoms with Crippen LogP contribution in [-0.4, -0.2) is 37.8 Å². The highest BCUT2D eigenvalue weighted by atomic mass is 32.2. The van der Waals surface area contributed by atoms with Gasteiger partial charge in [-0.15, -0.1) is 5.10 Å². The van der Waals surface area contributed by atoms with Gasteiger partial charge in [0.15, 0.2) is 0 Å². The molecule has 0 radical (unpaired) electrons. The van der Waals surface area contributed by atoms with E-state index in [4.69, 9.17) is 9.72 Å². The summed E-state index contributed by atoms with van der Waals surface area (Å²) in [5.41, 5.74) is 1.53. The number of fused-ring (bicyclic) bond motifs is 1. The fraction of sp³-hybridized carbons (Fsp3) is 0.227.